The molecule has 2 saturated heterocycles. The summed E-state index contributed by atoms with van der Waals surface area (Å²) in [5.74, 6) is -0.986. The Balaban J connectivity index is 1.68. The maximum absolute atomic E-state index is 10.9. The second-order valence-electron chi connectivity index (χ2n) is 5.25. The van der Waals surface area contributed by atoms with Gasteiger partial charge in [0, 0.05) is 36.0 Å². The Bertz CT molecular complexity index is 502. The quantitative estimate of drug-likeness (QED) is 0.922. The van der Waals surface area contributed by atoms with Crippen LogP contribution in [0.4, 0.5) is 0 Å². The van der Waals surface area contributed by atoms with E-state index in [4.69, 9.17) is 14.6 Å². The minimum Gasteiger partial charge on any atom is -0.477 e. The molecule has 1 spiro atoms. The number of rotatable bonds is 3. The number of carboxylic acid groups (broad SMARTS) is 1. The molecule has 2 unspecified atom stereocenters. The molecule has 3 rings (SSSR count). The first kappa shape index (κ1) is 13.9. The molecule has 3 heterocycles. The zero-order chi connectivity index (χ0) is 14.0. The molecule has 108 valence electrons. The number of ether oxygens (including phenoxy) is 2. The average Bonchev–Trinajstić information content (AvgIpc) is 2.87. The number of hydrogen-bond acceptors (Lipinski definition) is 5. The fourth-order valence-corrected chi connectivity index (χ4v) is 4.05. The fourth-order valence-electron chi connectivity index (χ4n) is 2.74. The first-order valence-corrected chi connectivity index (χ1v) is 7.63. The standard InChI is InChI=1S/C14H17NO4S/c16-13(17)12-7-10(1-4-15-12)20-11-2-5-19-14(8-11)3-6-18-9-14/h1,4,7,11H,2-3,5-6,8-9H2,(H,16,17). The van der Waals surface area contributed by atoms with Gasteiger partial charge in [0.05, 0.1) is 12.2 Å². The van der Waals surface area contributed by atoms with Gasteiger partial charge in [-0.1, -0.05) is 0 Å². The lowest BCUT2D eigenvalue weighted by Crippen LogP contribution is -2.41. The molecule has 0 amide bonds. The number of nitrogens with zero attached hydrogens (tertiary/aromatic N) is 1. The topological polar surface area (TPSA) is 68.7 Å². The van der Waals surface area contributed by atoms with E-state index in [2.05, 4.69) is 4.98 Å². The Hall–Kier alpha value is -1.11. The molecule has 20 heavy (non-hydrogen) atoms. The fraction of sp³-hybridized carbons (Fsp3) is 0.571. The summed E-state index contributed by atoms with van der Waals surface area (Å²) in [4.78, 5) is 15.7. The van der Waals surface area contributed by atoms with Crippen LogP contribution in [0.25, 0.3) is 0 Å². The van der Waals surface area contributed by atoms with Gasteiger partial charge in [-0.05, 0) is 25.0 Å². The zero-order valence-electron chi connectivity index (χ0n) is 11.1. The molecule has 2 aliphatic heterocycles. The summed E-state index contributed by atoms with van der Waals surface area (Å²) >= 11 is 1.72. The first-order valence-electron chi connectivity index (χ1n) is 6.75. The molecule has 1 aromatic rings. The highest BCUT2D eigenvalue weighted by Crippen LogP contribution is 2.39. The molecule has 1 aromatic heterocycles. The SMILES string of the molecule is O=C(O)c1cc(SC2CCOC3(CCOC3)C2)ccn1. The zero-order valence-corrected chi connectivity index (χ0v) is 11.9. The minimum atomic E-state index is -0.986. The minimum absolute atomic E-state index is 0.0981. The van der Waals surface area contributed by atoms with Crippen LogP contribution in [-0.2, 0) is 9.47 Å². The van der Waals surface area contributed by atoms with Crippen molar-refractivity contribution in [2.45, 2.75) is 35.0 Å². The third kappa shape index (κ3) is 2.97. The van der Waals surface area contributed by atoms with Crippen molar-refractivity contribution in [3.63, 3.8) is 0 Å². The van der Waals surface area contributed by atoms with Gasteiger partial charge < -0.3 is 14.6 Å². The van der Waals surface area contributed by atoms with Gasteiger partial charge in [0.1, 0.15) is 5.69 Å². The van der Waals surface area contributed by atoms with Crippen LogP contribution in [-0.4, -0.2) is 46.7 Å². The van der Waals surface area contributed by atoms with E-state index in [1.54, 1.807) is 24.0 Å². The van der Waals surface area contributed by atoms with Gasteiger partial charge in [0.15, 0.2) is 0 Å². The molecule has 0 radical (unpaired) electrons. The highest BCUT2D eigenvalue weighted by Gasteiger charge is 2.41. The van der Waals surface area contributed by atoms with Crippen LogP contribution < -0.4 is 0 Å². The number of thioether (sulfide) groups is 1. The molecule has 0 aromatic carbocycles. The van der Waals surface area contributed by atoms with Crippen LogP contribution in [0.15, 0.2) is 23.2 Å². The van der Waals surface area contributed by atoms with Crippen molar-refractivity contribution in [3.05, 3.63) is 24.0 Å². The monoisotopic (exact) mass is 295 g/mol. The molecule has 2 aliphatic rings. The van der Waals surface area contributed by atoms with Gasteiger partial charge in [0.25, 0.3) is 0 Å². The van der Waals surface area contributed by atoms with E-state index >= 15 is 0 Å². The van der Waals surface area contributed by atoms with Crippen LogP contribution in [0.1, 0.15) is 29.8 Å². The summed E-state index contributed by atoms with van der Waals surface area (Å²) in [6.07, 6.45) is 4.46. The van der Waals surface area contributed by atoms with Crippen molar-refractivity contribution in [1.29, 1.82) is 0 Å². The van der Waals surface area contributed by atoms with Crippen LogP contribution in [0.3, 0.4) is 0 Å². The average molecular weight is 295 g/mol. The molecule has 0 saturated carbocycles. The van der Waals surface area contributed by atoms with Crippen molar-refractivity contribution in [3.8, 4) is 0 Å². The molecule has 0 aliphatic carbocycles. The van der Waals surface area contributed by atoms with Crippen molar-refractivity contribution in [2.75, 3.05) is 19.8 Å². The number of carbonyl (C=O) groups is 1. The lowest BCUT2D eigenvalue weighted by Gasteiger charge is -2.36. The van der Waals surface area contributed by atoms with Gasteiger partial charge >= 0.3 is 5.97 Å². The molecular formula is C14H17NO4S. The largest absolute Gasteiger partial charge is 0.477 e. The Morgan fingerprint density at radius 3 is 3.15 bits per heavy atom. The van der Waals surface area contributed by atoms with Gasteiger partial charge in [-0.25, -0.2) is 9.78 Å². The number of aromatic nitrogens is 1. The van der Waals surface area contributed by atoms with E-state index in [1.807, 2.05) is 6.07 Å². The molecule has 2 fully saturated rings. The molecule has 2 atom stereocenters. The highest BCUT2D eigenvalue weighted by atomic mass is 32.2. The van der Waals surface area contributed by atoms with E-state index in [9.17, 15) is 4.79 Å². The normalized spacial score (nSPS) is 29.7. The maximum Gasteiger partial charge on any atom is 0.354 e. The molecule has 5 nitrogen and oxygen atoms in total. The second kappa shape index (κ2) is 5.71. The van der Waals surface area contributed by atoms with E-state index in [1.165, 1.54) is 0 Å². The van der Waals surface area contributed by atoms with Crippen LogP contribution in [0.5, 0.6) is 0 Å². The van der Waals surface area contributed by atoms with Gasteiger partial charge in [-0.3, -0.25) is 0 Å². The molecule has 6 heteroatoms. The first-order chi connectivity index (χ1) is 9.67. The Morgan fingerprint density at radius 2 is 2.40 bits per heavy atom. The predicted octanol–water partition coefficient (Wildman–Crippen LogP) is 2.21. The van der Waals surface area contributed by atoms with E-state index < -0.39 is 5.97 Å². The molecule has 1 N–H and O–H groups in total. The van der Waals surface area contributed by atoms with Crippen molar-refractivity contribution in [2.24, 2.45) is 0 Å². The highest BCUT2D eigenvalue weighted by molar-refractivity contribution is 8.00. The Morgan fingerprint density at radius 1 is 1.50 bits per heavy atom. The van der Waals surface area contributed by atoms with Crippen LogP contribution in [0.2, 0.25) is 0 Å². The van der Waals surface area contributed by atoms with Gasteiger partial charge in [-0.15, -0.1) is 11.8 Å². The number of aromatic carboxylic acids is 1. The summed E-state index contributed by atoms with van der Waals surface area (Å²) in [5.41, 5.74) is -0.0144. The third-order valence-electron chi connectivity index (χ3n) is 3.77. The number of carboxylic acids is 1. The van der Waals surface area contributed by atoms with Crippen molar-refractivity contribution < 1.29 is 19.4 Å². The summed E-state index contributed by atoms with van der Waals surface area (Å²) < 4.78 is 11.4. The Labute approximate surface area is 121 Å². The molecular weight excluding hydrogens is 278 g/mol. The second-order valence-corrected chi connectivity index (χ2v) is 6.62. The van der Waals surface area contributed by atoms with E-state index in [0.717, 1.165) is 37.4 Å². The number of pyridine rings is 1. The summed E-state index contributed by atoms with van der Waals surface area (Å²) in [6, 6.07) is 3.50. The van der Waals surface area contributed by atoms with E-state index in [-0.39, 0.29) is 11.3 Å². The summed E-state index contributed by atoms with van der Waals surface area (Å²) in [7, 11) is 0. The maximum atomic E-state index is 10.9. The Kier molecular flexibility index (Phi) is 3.96. The lowest BCUT2D eigenvalue weighted by molar-refractivity contribution is -0.0769. The number of hydrogen-bond donors (Lipinski definition) is 1. The van der Waals surface area contributed by atoms with Gasteiger partial charge in [-0.2, -0.15) is 0 Å². The smallest absolute Gasteiger partial charge is 0.354 e. The van der Waals surface area contributed by atoms with Crippen molar-refractivity contribution >= 4 is 17.7 Å². The third-order valence-corrected chi connectivity index (χ3v) is 5.03. The lowest BCUT2D eigenvalue weighted by atomic mass is 9.93. The van der Waals surface area contributed by atoms with Crippen LogP contribution >= 0.6 is 11.8 Å². The van der Waals surface area contributed by atoms with Crippen molar-refractivity contribution in [1.82, 2.24) is 4.98 Å². The molecule has 0 bridgehead atoms. The summed E-state index contributed by atoms with van der Waals surface area (Å²) in [5, 5.41) is 9.41. The van der Waals surface area contributed by atoms with Gasteiger partial charge in [0.2, 0.25) is 0 Å². The predicted molar refractivity (Wildman–Crippen MR) is 74.2 cm³/mol. The van der Waals surface area contributed by atoms with Crippen LogP contribution in [0, 0.1) is 0 Å². The summed E-state index contributed by atoms with van der Waals surface area (Å²) in [6.45, 7) is 2.20. The van der Waals surface area contributed by atoms with E-state index in [0.29, 0.717) is 11.9 Å².